The highest BCUT2D eigenvalue weighted by Crippen LogP contribution is 2.16. The van der Waals surface area contributed by atoms with Gasteiger partial charge in [-0.05, 0) is 42.0 Å². The van der Waals surface area contributed by atoms with Gasteiger partial charge in [0.25, 0.3) is 0 Å². The molecule has 2 aromatic rings. The van der Waals surface area contributed by atoms with E-state index in [4.69, 9.17) is 4.74 Å². The fourth-order valence-corrected chi connectivity index (χ4v) is 1.93. The molecule has 8 nitrogen and oxygen atoms in total. The molecule has 1 atom stereocenters. The first kappa shape index (κ1) is 14.9. The molecule has 0 saturated heterocycles. The van der Waals surface area contributed by atoms with Gasteiger partial charge in [0, 0.05) is 5.10 Å². The average Bonchev–Trinajstić information content (AvgIpc) is 2.84. The lowest BCUT2D eigenvalue weighted by Gasteiger charge is -2.12. The molecule has 1 heterocycles. The molecule has 1 N–H and O–H groups in total. The van der Waals surface area contributed by atoms with Crippen molar-refractivity contribution in [2.24, 2.45) is 0 Å². The Bertz CT molecular complexity index is 621. The molecule has 0 amide bonds. The van der Waals surface area contributed by atoms with Crippen molar-refractivity contribution >= 4 is 5.95 Å². The molecule has 1 unspecified atom stereocenters. The Morgan fingerprint density at radius 1 is 1.38 bits per heavy atom. The molecule has 0 aliphatic rings. The van der Waals surface area contributed by atoms with Crippen LogP contribution in [0.1, 0.15) is 11.1 Å². The molecule has 0 aliphatic heterocycles. The third-order valence-electron chi connectivity index (χ3n) is 2.72. The number of hydrogen-bond donors (Lipinski definition) is 1. The van der Waals surface area contributed by atoms with Crippen molar-refractivity contribution in [1.82, 2.24) is 14.8 Å². The summed E-state index contributed by atoms with van der Waals surface area (Å²) in [7, 11) is 0. The summed E-state index contributed by atoms with van der Waals surface area (Å²) in [6, 6.07) is 5.78. The van der Waals surface area contributed by atoms with Crippen LogP contribution in [0.5, 0.6) is 5.75 Å². The van der Waals surface area contributed by atoms with Crippen LogP contribution < -0.4 is 4.74 Å². The van der Waals surface area contributed by atoms with Crippen molar-refractivity contribution in [2.45, 2.75) is 26.5 Å². The summed E-state index contributed by atoms with van der Waals surface area (Å²) in [5.74, 6) is 0.188. The second kappa shape index (κ2) is 6.31. The predicted molar refractivity (Wildman–Crippen MR) is 74.1 cm³/mol. The zero-order valence-electron chi connectivity index (χ0n) is 11.8. The van der Waals surface area contributed by atoms with E-state index < -0.39 is 17.0 Å². The highest BCUT2D eigenvalue weighted by molar-refractivity contribution is 5.32. The number of aliphatic hydroxyl groups excluding tert-OH is 1. The smallest absolute Gasteiger partial charge is 0.490 e. The van der Waals surface area contributed by atoms with Crippen molar-refractivity contribution in [2.75, 3.05) is 6.61 Å². The number of aryl methyl sites for hydroxylation is 2. The first-order valence-corrected chi connectivity index (χ1v) is 6.37. The summed E-state index contributed by atoms with van der Waals surface area (Å²) >= 11 is 0. The summed E-state index contributed by atoms with van der Waals surface area (Å²) < 4.78 is 6.73. The molecule has 0 radical (unpaired) electrons. The molecule has 0 bridgehead atoms. The molecule has 0 spiro atoms. The van der Waals surface area contributed by atoms with Crippen LogP contribution in [-0.4, -0.2) is 37.5 Å². The number of ether oxygens (including phenoxy) is 1. The molecule has 1 aromatic carbocycles. The summed E-state index contributed by atoms with van der Waals surface area (Å²) in [4.78, 5) is 13.3. The van der Waals surface area contributed by atoms with E-state index in [1.165, 1.54) is 11.0 Å². The Hall–Kier alpha value is -2.48. The van der Waals surface area contributed by atoms with Crippen LogP contribution in [0.2, 0.25) is 0 Å². The van der Waals surface area contributed by atoms with E-state index in [2.05, 4.69) is 10.1 Å². The number of rotatable bonds is 6. The predicted octanol–water partition coefficient (Wildman–Crippen LogP) is 1.24. The molecule has 2 rings (SSSR count). The lowest BCUT2D eigenvalue weighted by molar-refractivity contribution is -0.394. The van der Waals surface area contributed by atoms with Gasteiger partial charge in [-0.1, -0.05) is 11.1 Å². The molecule has 0 fully saturated rings. The quantitative estimate of drug-likeness (QED) is 0.634. The SMILES string of the molecule is Cc1cc(C)cc(OCC(O)Cn2cnc([N+](=O)[O-])n2)c1. The Morgan fingerprint density at radius 2 is 2.05 bits per heavy atom. The van der Waals surface area contributed by atoms with E-state index in [0.717, 1.165) is 11.1 Å². The van der Waals surface area contributed by atoms with Gasteiger partial charge in [-0.3, -0.25) is 0 Å². The number of aliphatic hydroxyl groups is 1. The molecule has 21 heavy (non-hydrogen) atoms. The fraction of sp³-hybridized carbons (Fsp3) is 0.385. The van der Waals surface area contributed by atoms with E-state index in [-0.39, 0.29) is 13.2 Å². The Kier molecular flexibility index (Phi) is 4.49. The highest BCUT2D eigenvalue weighted by atomic mass is 16.6. The molecule has 0 aliphatic carbocycles. The maximum Gasteiger partial charge on any atom is 0.490 e. The van der Waals surface area contributed by atoms with Gasteiger partial charge in [-0.25, -0.2) is 0 Å². The summed E-state index contributed by atoms with van der Waals surface area (Å²) in [5, 5.41) is 23.9. The first-order valence-electron chi connectivity index (χ1n) is 6.37. The molecule has 112 valence electrons. The van der Waals surface area contributed by atoms with Crippen LogP contribution in [-0.2, 0) is 6.54 Å². The number of hydrogen-bond acceptors (Lipinski definition) is 6. The number of aromatic nitrogens is 3. The van der Waals surface area contributed by atoms with Gasteiger partial charge in [0.05, 0.1) is 6.54 Å². The Labute approximate surface area is 121 Å². The number of nitro groups is 1. The number of nitrogens with zero attached hydrogens (tertiary/aromatic N) is 4. The second-order valence-corrected chi connectivity index (χ2v) is 4.81. The Morgan fingerprint density at radius 3 is 2.62 bits per heavy atom. The molecule has 1 aromatic heterocycles. The van der Waals surface area contributed by atoms with E-state index in [1.54, 1.807) is 0 Å². The van der Waals surface area contributed by atoms with Crippen molar-refractivity contribution in [3.63, 3.8) is 0 Å². The van der Waals surface area contributed by atoms with Crippen molar-refractivity contribution in [3.8, 4) is 5.75 Å². The van der Waals surface area contributed by atoms with E-state index >= 15 is 0 Å². The molecule has 0 saturated carbocycles. The van der Waals surface area contributed by atoms with Gasteiger partial charge >= 0.3 is 5.95 Å². The Balaban J connectivity index is 1.89. The van der Waals surface area contributed by atoms with Gasteiger partial charge in [0.15, 0.2) is 0 Å². The summed E-state index contributed by atoms with van der Waals surface area (Å²) in [5.41, 5.74) is 2.15. The van der Waals surface area contributed by atoms with Crippen LogP contribution in [0.4, 0.5) is 5.95 Å². The maximum atomic E-state index is 10.5. The van der Waals surface area contributed by atoms with Gasteiger partial charge in [-0.2, -0.15) is 4.68 Å². The lowest BCUT2D eigenvalue weighted by Crippen LogP contribution is -2.24. The second-order valence-electron chi connectivity index (χ2n) is 4.81. The van der Waals surface area contributed by atoms with Crippen LogP contribution in [0, 0.1) is 24.0 Å². The first-order chi connectivity index (χ1) is 9.94. The zero-order valence-corrected chi connectivity index (χ0v) is 11.8. The minimum Gasteiger partial charge on any atom is -0.491 e. The molecule has 8 heteroatoms. The zero-order chi connectivity index (χ0) is 15.4. The third-order valence-corrected chi connectivity index (χ3v) is 2.72. The third kappa shape index (κ3) is 4.25. The monoisotopic (exact) mass is 292 g/mol. The van der Waals surface area contributed by atoms with Crippen LogP contribution in [0.15, 0.2) is 24.5 Å². The van der Waals surface area contributed by atoms with E-state index in [0.29, 0.717) is 5.75 Å². The average molecular weight is 292 g/mol. The number of benzene rings is 1. The summed E-state index contributed by atoms with van der Waals surface area (Å²) in [6.07, 6.45) is 0.366. The van der Waals surface area contributed by atoms with Crippen LogP contribution >= 0.6 is 0 Å². The summed E-state index contributed by atoms with van der Waals surface area (Å²) in [6.45, 7) is 4.07. The normalized spacial score (nSPS) is 12.1. The van der Waals surface area contributed by atoms with Gasteiger partial charge in [0.1, 0.15) is 18.5 Å². The fourth-order valence-electron chi connectivity index (χ4n) is 1.93. The lowest BCUT2D eigenvalue weighted by atomic mass is 10.1. The van der Waals surface area contributed by atoms with Gasteiger partial charge in [-0.15, -0.1) is 0 Å². The molecular formula is C13H16N4O4. The minimum atomic E-state index is -0.841. The largest absolute Gasteiger partial charge is 0.491 e. The van der Waals surface area contributed by atoms with E-state index in [1.807, 2.05) is 32.0 Å². The van der Waals surface area contributed by atoms with Crippen LogP contribution in [0.3, 0.4) is 0 Å². The van der Waals surface area contributed by atoms with Crippen LogP contribution in [0.25, 0.3) is 0 Å². The van der Waals surface area contributed by atoms with Gasteiger partial charge < -0.3 is 20.0 Å². The van der Waals surface area contributed by atoms with Crippen molar-refractivity contribution in [3.05, 3.63) is 45.8 Å². The molecular weight excluding hydrogens is 276 g/mol. The standard InChI is InChI=1S/C13H16N4O4/c1-9-3-10(2)5-12(4-9)21-7-11(18)6-16-8-14-13(15-16)17(19)20/h3-5,8,11,18H,6-7H2,1-2H3. The maximum absolute atomic E-state index is 10.5. The topological polar surface area (TPSA) is 103 Å². The van der Waals surface area contributed by atoms with Gasteiger partial charge in [0.2, 0.25) is 6.33 Å². The van der Waals surface area contributed by atoms with Crippen molar-refractivity contribution < 1.29 is 14.8 Å². The highest BCUT2D eigenvalue weighted by Gasteiger charge is 2.16. The van der Waals surface area contributed by atoms with Crippen molar-refractivity contribution in [1.29, 1.82) is 0 Å². The minimum absolute atomic E-state index is 0.0660. The van der Waals surface area contributed by atoms with E-state index in [9.17, 15) is 15.2 Å².